The summed E-state index contributed by atoms with van der Waals surface area (Å²) in [6.07, 6.45) is 1.70. The van der Waals surface area contributed by atoms with E-state index in [1.54, 1.807) is 25.4 Å². The second-order valence-corrected chi connectivity index (χ2v) is 5.65. The van der Waals surface area contributed by atoms with Gasteiger partial charge in [0.1, 0.15) is 11.6 Å². The molecule has 0 atom stereocenters. The highest BCUT2D eigenvalue weighted by Crippen LogP contribution is 2.25. The molecule has 1 N–H and O–H groups in total. The molecule has 2 aromatic rings. The van der Waals surface area contributed by atoms with Crippen molar-refractivity contribution in [3.05, 3.63) is 42.4 Å². The van der Waals surface area contributed by atoms with Gasteiger partial charge >= 0.3 is 0 Å². The number of anilines is 1. The third kappa shape index (κ3) is 4.82. The number of rotatable bonds is 7. The summed E-state index contributed by atoms with van der Waals surface area (Å²) in [6.45, 7) is 3.12. The molecule has 0 spiro atoms. The average Bonchev–Trinajstić information content (AvgIpc) is 2.71. The van der Waals surface area contributed by atoms with Crippen molar-refractivity contribution in [3.63, 3.8) is 0 Å². The lowest BCUT2D eigenvalue weighted by molar-refractivity contribution is -0.123. The van der Waals surface area contributed by atoms with Gasteiger partial charge in [-0.3, -0.25) is 4.79 Å². The molecule has 138 valence electrons. The maximum Gasteiger partial charge on any atom is 0.258 e. The number of benzene rings is 1. The highest BCUT2D eigenvalue weighted by atomic mass is 16.5. The number of morpholine rings is 1. The lowest BCUT2D eigenvalue weighted by atomic mass is 10.3. The molecule has 8 nitrogen and oxygen atoms in total. The summed E-state index contributed by atoms with van der Waals surface area (Å²) in [5.41, 5.74) is 0. The van der Waals surface area contributed by atoms with Crippen LogP contribution in [-0.4, -0.2) is 55.9 Å². The Morgan fingerprint density at radius 2 is 2.00 bits per heavy atom. The summed E-state index contributed by atoms with van der Waals surface area (Å²) < 4.78 is 16.0. The summed E-state index contributed by atoms with van der Waals surface area (Å²) in [4.78, 5) is 22.9. The zero-order chi connectivity index (χ0) is 18.2. The van der Waals surface area contributed by atoms with Crippen LogP contribution in [0.25, 0.3) is 0 Å². The van der Waals surface area contributed by atoms with E-state index in [-0.39, 0.29) is 19.1 Å². The van der Waals surface area contributed by atoms with Crippen molar-refractivity contribution in [2.45, 2.75) is 6.54 Å². The van der Waals surface area contributed by atoms with Crippen LogP contribution in [0, 0.1) is 0 Å². The molecule has 0 saturated carbocycles. The van der Waals surface area contributed by atoms with E-state index >= 15 is 0 Å². The standard InChI is InChI=1S/C18H22N4O4/c1-24-14-4-2-3-5-15(14)26-13-18(23)20-12-16-19-7-6-17(21-16)22-8-10-25-11-9-22/h2-7H,8-13H2,1H3,(H,20,23). The zero-order valence-corrected chi connectivity index (χ0v) is 14.7. The van der Waals surface area contributed by atoms with E-state index in [0.717, 1.165) is 18.9 Å². The van der Waals surface area contributed by atoms with Gasteiger partial charge in [-0.05, 0) is 18.2 Å². The van der Waals surface area contributed by atoms with Crippen LogP contribution in [0.1, 0.15) is 5.82 Å². The monoisotopic (exact) mass is 358 g/mol. The number of nitrogens with zero attached hydrogens (tertiary/aromatic N) is 3. The number of hydrogen-bond acceptors (Lipinski definition) is 7. The van der Waals surface area contributed by atoms with Gasteiger partial charge in [-0.2, -0.15) is 0 Å². The molecule has 3 rings (SSSR count). The van der Waals surface area contributed by atoms with Gasteiger partial charge in [-0.1, -0.05) is 12.1 Å². The molecule has 0 aliphatic carbocycles. The Morgan fingerprint density at radius 3 is 2.77 bits per heavy atom. The Hall–Kier alpha value is -2.87. The van der Waals surface area contributed by atoms with Gasteiger partial charge in [0.15, 0.2) is 18.1 Å². The van der Waals surface area contributed by atoms with Crippen molar-refractivity contribution in [2.75, 3.05) is 44.9 Å². The van der Waals surface area contributed by atoms with Crippen molar-refractivity contribution in [3.8, 4) is 11.5 Å². The molecule has 0 radical (unpaired) electrons. The fourth-order valence-corrected chi connectivity index (χ4v) is 2.55. The highest BCUT2D eigenvalue weighted by Gasteiger charge is 2.13. The first-order valence-corrected chi connectivity index (χ1v) is 8.43. The van der Waals surface area contributed by atoms with Crippen molar-refractivity contribution in [1.82, 2.24) is 15.3 Å². The number of carbonyl (C=O) groups excluding carboxylic acids is 1. The van der Waals surface area contributed by atoms with Gasteiger partial charge in [-0.25, -0.2) is 9.97 Å². The fraction of sp³-hybridized carbons (Fsp3) is 0.389. The summed E-state index contributed by atoms with van der Waals surface area (Å²) in [5, 5.41) is 2.76. The quantitative estimate of drug-likeness (QED) is 0.791. The lowest BCUT2D eigenvalue weighted by Crippen LogP contribution is -2.37. The Morgan fingerprint density at radius 1 is 1.23 bits per heavy atom. The van der Waals surface area contributed by atoms with Crippen LogP contribution >= 0.6 is 0 Å². The smallest absolute Gasteiger partial charge is 0.258 e. The molecule has 1 amide bonds. The number of ether oxygens (including phenoxy) is 3. The molecule has 1 saturated heterocycles. The minimum Gasteiger partial charge on any atom is -0.493 e. The second kappa shape index (κ2) is 9.00. The first kappa shape index (κ1) is 17.9. The van der Waals surface area contributed by atoms with Crippen LogP contribution in [0.2, 0.25) is 0 Å². The first-order valence-electron chi connectivity index (χ1n) is 8.43. The van der Waals surface area contributed by atoms with Crippen LogP contribution in [-0.2, 0) is 16.1 Å². The molecule has 1 fully saturated rings. The van der Waals surface area contributed by atoms with Crippen molar-refractivity contribution >= 4 is 11.7 Å². The molecule has 1 aromatic carbocycles. The summed E-state index contributed by atoms with van der Waals surface area (Å²) in [6, 6.07) is 9.05. The topological polar surface area (TPSA) is 85.8 Å². The third-order valence-electron chi connectivity index (χ3n) is 3.90. The second-order valence-electron chi connectivity index (χ2n) is 5.65. The molecular weight excluding hydrogens is 336 g/mol. The number of nitrogens with one attached hydrogen (secondary N) is 1. The van der Waals surface area contributed by atoms with E-state index in [9.17, 15) is 4.79 Å². The predicted molar refractivity (Wildman–Crippen MR) is 95.4 cm³/mol. The Balaban J connectivity index is 1.50. The van der Waals surface area contributed by atoms with Gasteiger partial charge in [0.05, 0.1) is 26.9 Å². The third-order valence-corrected chi connectivity index (χ3v) is 3.90. The Kier molecular flexibility index (Phi) is 6.21. The molecule has 1 aromatic heterocycles. The van der Waals surface area contributed by atoms with E-state index in [2.05, 4.69) is 20.2 Å². The number of hydrogen-bond donors (Lipinski definition) is 1. The molecule has 8 heteroatoms. The van der Waals surface area contributed by atoms with Crippen molar-refractivity contribution in [1.29, 1.82) is 0 Å². The zero-order valence-electron chi connectivity index (χ0n) is 14.7. The molecule has 1 aliphatic rings. The van der Waals surface area contributed by atoms with Crippen LogP contribution in [0.15, 0.2) is 36.5 Å². The van der Waals surface area contributed by atoms with Gasteiger partial charge in [0, 0.05) is 19.3 Å². The number of carbonyl (C=O) groups is 1. The van der Waals surface area contributed by atoms with E-state index in [1.165, 1.54) is 0 Å². The number of methoxy groups -OCH3 is 1. The van der Waals surface area contributed by atoms with E-state index in [4.69, 9.17) is 14.2 Å². The number of para-hydroxylation sites is 2. The maximum atomic E-state index is 12.0. The Bertz CT molecular complexity index is 735. The maximum absolute atomic E-state index is 12.0. The summed E-state index contributed by atoms with van der Waals surface area (Å²) in [5.74, 6) is 2.26. The van der Waals surface area contributed by atoms with Crippen molar-refractivity contribution < 1.29 is 19.0 Å². The minimum absolute atomic E-state index is 0.108. The molecule has 0 bridgehead atoms. The fourth-order valence-electron chi connectivity index (χ4n) is 2.55. The van der Waals surface area contributed by atoms with Crippen LogP contribution in [0.3, 0.4) is 0 Å². The lowest BCUT2D eigenvalue weighted by Gasteiger charge is -2.27. The molecule has 1 aliphatic heterocycles. The molecular formula is C18H22N4O4. The molecule has 26 heavy (non-hydrogen) atoms. The van der Waals surface area contributed by atoms with E-state index in [1.807, 2.05) is 18.2 Å². The van der Waals surface area contributed by atoms with Gasteiger partial charge in [-0.15, -0.1) is 0 Å². The SMILES string of the molecule is COc1ccccc1OCC(=O)NCc1nccc(N2CCOCC2)n1. The average molecular weight is 358 g/mol. The van der Waals surface area contributed by atoms with E-state index < -0.39 is 0 Å². The van der Waals surface area contributed by atoms with Crippen LogP contribution < -0.4 is 19.7 Å². The Labute approximate surface area is 152 Å². The number of aromatic nitrogens is 2. The van der Waals surface area contributed by atoms with Crippen molar-refractivity contribution in [2.24, 2.45) is 0 Å². The van der Waals surface area contributed by atoms with Gasteiger partial charge < -0.3 is 24.4 Å². The van der Waals surface area contributed by atoms with Gasteiger partial charge in [0.25, 0.3) is 5.91 Å². The van der Waals surface area contributed by atoms with E-state index in [0.29, 0.717) is 30.5 Å². The largest absolute Gasteiger partial charge is 0.493 e. The minimum atomic E-state index is -0.253. The number of amides is 1. The summed E-state index contributed by atoms with van der Waals surface area (Å²) >= 11 is 0. The first-order chi connectivity index (χ1) is 12.8. The summed E-state index contributed by atoms with van der Waals surface area (Å²) in [7, 11) is 1.56. The van der Waals surface area contributed by atoms with Crippen LogP contribution in [0.5, 0.6) is 11.5 Å². The van der Waals surface area contributed by atoms with Crippen LogP contribution in [0.4, 0.5) is 5.82 Å². The molecule has 2 heterocycles. The highest BCUT2D eigenvalue weighted by molar-refractivity contribution is 5.77. The predicted octanol–water partition coefficient (Wildman–Crippen LogP) is 1.02. The normalized spacial score (nSPS) is 14.0. The molecule has 0 unspecified atom stereocenters. The van der Waals surface area contributed by atoms with Gasteiger partial charge in [0.2, 0.25) is 0 Å².